The lowest BCUT2D eigenvalue weighted by atomic mass is 10.1. The van der Waals surface area contributed by atoms with Crippen LogP contribution in [0.2, 0.25) is 0 Å². The molecule has 2 rings (SSSR count). The smallest absolute Gasteiger partial charge is 0.123 e. The minimum atomic E-state index is 0.563. The standard InChI is InChI=1S/C11H17N3/c1-2-14-7-3-4-10(14)9-5-6-11(12)13-8-9/h5-6,8,10H,2-4,7H2,1H3,(H2,12,13). The number of aromatic nitrogens is 1. The van der Waals surface area contributed by atoms with E-state index in [0.29, 0.717) is 11.9 Å². The predicted octanol–water partition coefficient (Wildman–Crippen LogP) is 1.82. The molecule has 76 valence electrons. The molecule has 3 nitrogen and oxygen atoms in total. The third kappa shape index (κ3) is 1.73. The van der Waals surface area contributed by atoms with Crippen LogP contribution in [-0.2, 0) is 0 Å². The SMILES string of the molecule is CCN1CCCC1c1ccc(N)nc1. The lowest BCUT2D eigenvalue weighted by molar-refractivity contribution is 0.271. The molecule has 1 unspecified atom stereocenters. The summed E-state index contributed by atoms with van der Waals surface area (Å²) in [4.78, 5) is 6.64. The molecule has 1 aliphatic rings. The van der Waals surface area contributed by atoms with Gasteiger partial charge in [0.15, 0.2) is 0 Å². The molecule has 1 aliphatic heterocycles. The maximum Gasteiger partial charge on any atom is 0.123 e. The molecular weight excluding hydrogens is 174 g/mol. The molecule has 0 radical (unpaired) electrons. The van der Waals surface area contributed by atoms with E-state index >= 15 is 0 Å². The summed E-state index contributed by atoms with van der Waals surface area (Å²) in [5, 5.41) is 0. The number of hydrogen-bond acceptors (Lipinski definition) is 3. The first-order valence-electron chi connectivity index (χ1n) is 5.26. The Morgan fingerprint density at radius 2 is 2.43 bits per heavy atom. The third-order valence-electron chi connectivity index (χ3n) is 2.96. The second kappa shape index (κ2) is 3.96. The highest BCUT2D eigenvalue weighted by molar-refractivity contribution is 5.30. The number of nitrogens with two attached hydrogens (primary N) is 1. The minimum absolute atomic E-state index is 0.563. The molecule has 3 heteroatoms. The van der Waals surface area contributed by atoms with E-state index in [1.54, 1.807) is 0 Å². The van der Waals surface area contributed by atoms with Gasteiger partial charge in [-0.1, -0.05) is 13.0 Å². The minimum Gasteiger partial charge on any atom is -0.384 e. The summed E-state index contributed by atoms with van der Waals surface area (Å²) in [5.41, 5.74) is 6.87. The van der Waals surface area contributed by atoms with E-state index in [0.717, 1.165) is 6.54 Å². The molecule has 0 amide bonds. The van der Waals surface area contributed by atoms with Crippen LogP contribution >= 0.6 is 0 Å². The van der Waals surface area contributed by atoms with Gasteiger partial charge in [0, 0.05) is 12.2 Å². The van der Waals surface area contributed by atoms with Crippen molar-refractivity contribution in [3.05, 3.63) is 23.9 Å². The molecule has 1 atom stereocenters. The zero-order chi connectivity index (χ0) is 9.97. The summed E-state index contributed by atoms with van der Waals surface area (Å²) in [6.07, 6.45) is 4.45. The molecular formula is C11H17N3. The number of likely N-dealkylation sites (tertiary alicyclic amines) is 1. The van der Waals surface area contributed by atoms with Crippen molar-refractivity contribution in [3.8, 4) is 0 Å². The number of nitrogens with zero attached hydrogens (tertiary/aromatic N) is 2. The average Bonchev–Trinajstić information content (AvgIpc) is 2.67. The van der Waals surface area contributed by atoms with Crippen molar-refractivity contribution in [1.29, 1.82) is 0 Å². The first kappa shape index (κ1) is 9.46. The van der Waals surface area contributed by atoms with E-state index in [-0.39, 0.29) is 0 Å². The molecule has 1 fully saturated rings. The highest BCUT2D eigenvalue weighted by Gasteiger charge is 2.24. The van der Waals surface area contributed by atoms with Gasteiger partial charge in [-0.05, 0) is 37.6 Å². The van der Waals surface area contributed by atoms with E-state index in [9.17, 15) is 0 Å². The van der Waals surface area contributed by atoms with Crippen molar-refractivity contribution in [2.75, 3.05) is 18.8 Å². The van der Waals surface area contributed by atoms with Crippen LogP contribution in [0.3, 0.4) is 0 Å². The van der Waals surface area contributed by atoms with Gasteiger partial charge in [-0.15, -0.1) is 0 Å². The molecule has 0 aromatic carbocycles. The fourth-order valence-corrected chi connectivity index (χ4v) is 2.20. The largest absolute Gasteiger partial charge is 0.384 e. The molecule has 0 saturated carbocycles. The van der Waals surface area contributed by atoms with E-state index in [4.69, 9.17) is 5.73 Å². The molecule has 2 N–H and O–H groups in total. The van der Waals surface area contributed by atoms with Crippen molar-refractivity contribution >= 4 is 5.82 Å². The second-order valence-corrected chi connectivity index (χ2v) is 3.80. The maximum atomic E-state index is 5.57. The Labute approximate surface area is 84.9 Å². The summed E-state index contributed by atoms with van der Waals surface area (Å²) < 4.78 is 0. The number of rotatable bonds is 2. The van der Waals surface area contributed by atoms with Gasteiger partial charge < -0.3 is 5.73 Å². The predicted molar refractivity (Wildman–Crippen MR) is 57.9 cm³/mol. The molecule has 1 aromatic rings. The number of anilines is 1. The van der Waals surface area contributed by atoms with Crippen molar-refractivity contribution in [3.63, 3.8) is 0 Å². The number of nitrogen functional groups attached to an aromatic ring is 1. The molecule has 2 heterocycles. The molecule has 14 heavy (non-hydrogen) atoms. The fourth-order valence-electron chi connectivity index (χ4n) is 2.20. The Hall–Kier alpha value is -1.09. The molecule has 0 spiro atoms. The number of hydrogen-bond donors (Lipinski definition) is 1. The van der Waals surface area contributed by atoms with E-state index < -0.39 is 0 Å². The van der Waals surface area contributed by atoms with Gasteiger partial charge in [0.05, 0.1) is 0 Å². The quantitative estimate of drug-likeness (QED) is 0.775. The Morgan fingerprint density at radius 1 is 1.57 bits per heavy atom. The van der Waals surface area contributed by atoms with Crippen LogP contribution in [0.25, 0.3) is 0 Å². The molecule has 1 aromatic heterocycles. The highest BCUT2D eigenvalue weighted by Crippen LogP contribution is 2.30. The van der Waals surface area contributed by atoms with Gasteiger partial charge in [-0.3, -0.25) is 4.90 Å². The van der Waals surface area contributed by atoms with Crippen LogP contribution in [0, 0.1) is 0 Å². The van der Waals surface area contributed by atoms with Crippen LogP contribution < -0.4 is 5.73 Å². The number of pyridine rings is 1. The molecule has 0 bridgehead atoms. The van der Waals surface area contributed by atoms with Crippen LogP contribution in [0.4, 0.5) is 5.82 Å². The summed E-state index contributed by atoms with van der Waals surface area (Å²) in [6.45, 7) is 4.55. The van der Waals surface area contributed by atoms with Crippen LogP contribution in [0.15, 0.2) is 18.3 Å². The van der Waals surface area contributed by atoms with Crippen LogP contribution in [0.1, 0.15) is 31.4 Å². The summed E-state index contributed by atoms with van der Waals surface area (Å²) in [6, 6.07) is 4.55. The van der Waals surface area contributed by atoms with E-state index in [1.165, 1.54) is 24.9 Å². The lowest BCUT2D eigenvalue weighted by Gasteiger charge is -2.22. The van der Waals surface area contributed by atoms with Crippen molar-refractivity contribution < 1.29 is 0 Å². The van der Waals surface area contributed by atoms with Crippen molar-refractivity contribution in [2.45, 2.75) is 25.8 Å². The van der Waals surface area contributed by atoms with Crippen LogP contribution in [0.5, 0.6) is 0 Å². The zero-order valence-corrected chi connectivity index (χ0v) is 8.61. The Balaban J connectivity index is 2.17. The second-order valence-electron chi connectivity index (χ2n) is 3.80. The summed E-state index contributed by atoms with van der Waals surface area (Å²) in [5.74, 6) is 0.606. The third-order valence-corrected chi connectivity index (χ3v) is 2.96. The Kier molecular flexibility index (Phi) is 2.68. The first-order chi connectivity index (χ1) is 6.81. The lowest BCUT2D eigenvalue weighted by Crippen LogP contribution is -2.22. The fraction of sp³-hybridized carbons (Fsp3) is 0.545. The normalized spacial score (nSPS) is 22.8. The monoisotopic (exact) mass is 191 g/mol. The van der Waals surface area contributed by atoms with Crippen LogP contribution in [-0.4, -0.2) is 23.0 Å². The first-order valence-corrected chi connectivity index (χ1v) is 5.26. The Bertz CT molecular complexity index is 294. The van der Waals surface area contributed by atoms with Crippen molar-refractivity contribution in [1.82, 2.24) is 9.88 Å². The van der Waals surface area contributed by atoms with Gasteiger partial charge in [-0.25, -0.2) is 4.98 Å². The van der Waals surface area contributed by atoms with E-state index in [2.05, 4.69) is 22.9 Å². The highest BCUT2D eigenvalue weighted by atomic mass is 15.2. The Morgan fingerprint density at radius 3 is 3.07 bits per heavy atom. The average molecular weight is 191 g/mol. The van der Waals surface area contributed by atoms with Crippen molar-refractivity contribution in [2.24, 2.45) is 0 Å². The zero-order valence-electron chi connectivity index (χ0n) is 8.61. The maximum absolute atomic E-state index is 5.57. The summed E-state index contributed by atoms with van der Waals surface area (Å²) in [7, 11) is 0. The molecule has 0 aliphatic carbocycles. The topological polar surface area (TPSA) is 42.1 Å². The van der Waals surface area contributed by atoms with E-state index in [1.807, 2.05) is 12.3 Å². The van der Waals surface area contributed by atoms with Gasteiger partial charge in [0.2, 0.25) is 0 Å². The van der Waals surface area contributed by atoms with Gasteiger partial charge in [0.1, 0.15) is 5.82 Å². The molecule has 1 saturated heterocycles. The summed E-state index contributed by atoms with van der Waals surface area (Å²) >= 11 is 0. The van der Waals surface area contributed by atoms with Gasteiger partial charge >= 0.3 is 0 Å². The van der Waals surface area contributed by atoms with Gasteiger partial charge in [0.25, 0.3) is 0 Å². The van der Waals surface area contributed by atoms with Gasteiger partial charge in [-0.2, -0.15) is 0 Å².